The van der Waals surface area contributed by atoms with Gasteiger partial charge in [-0.05, 0) is 87.1 Å². The predicted molar refractivity (Wildman–Crippen MR) is 104 cm³/mol. The number of benzene rings is 2. The zero-order chi connectivity index (χ0) is 19.2. The predicted octanol–water partition coefficient (Wildman–Crippen LogP) is 4.15. The smallest absolute Gasteiger partial charge is 0.338 e. The van der Waals surface area contributed by atoms with Crippen LogP contribution in [0.25, 0.3) is 0 Å². The van der Waals surface area contributed by atoms with E-state index >= 15 is 0 Å². The lowest BCUT2D eigenvalue weighted by atomic mass is 9.92. The molecular formula is C22H25NO4. The van der Waals surface area contributed by atoms with Crippen LogP contribution in [0.15, 0.2) is 42.5 Å². The summed E-state index contributed by atoms with van der Waals surface area (Å²) in [5, 5.41) is 2.77. The molecular weight excluding hydrogens is 342 g/mol. The molecule has 2 aromatic carbocycles. The molecule has 0 saturated heterocycles. The van der Waals surface area contributed by atoms with E-state index in [2.05, 4.69) is 11.4 Å². The SMILES string of the molecule is CC(C)OC(=O)c1ccc(NC(=O)COc2ccc3c(c2)CCCC3)cc1. The molecule has 0 unspecified atom stereocenters. The highest BCUT2D eigenvalue weighted by molar-refractivity contribution is 5.93. The average Bonchev–Trinajstić information content (AvgIpc) is 2.66. The summed E-state index contributed by atoms with van der Waals surface area (Å²) < 4.78 is 10.8. The van der Waals surface area contributed by atoms with Crippen LogP contribution in [0.4, 0.5) is 5.69 Å². The maximum Gasteiger partial charge on any atom is 0.338 e. The van der Waals surface area contributed by atoms with E-state index in [0.29, 0.717) is 11.3 Å². The van der Waals surface area contributed by atoms with Gasteiger partial charge in [0, 0.05) is 5.69 Å². The minimum absolute atomic E-state index is 0.0596. The summed E-state index contributed by atoms with van der Waals surface area (Å²) in [6.45, 7) is 3.54. The van der Waals surface area contributed by atoms with Crippen molar-refractivity contribution in [1.82, 2.24) is 0 Å². The van der Waals surface area contributed by atoms with Gasteiger partial charge in [-0.2, -0.15) is 0 Å². The lowest BCUT2D eigenvalue weighted by Gasteiger charge is -2.16. The first kappa shape index (κ1) is 19.0. The van der Waals surface area contributed by atoms with E-state index in [-0.39, 0.29) is 24.6 Å². The van der Waals surface area contributed by atoms with E-state index in [1.54, 1.807) is 38.1 Å². The normalized spacial score (nSPS) is 13.0. The van der Waals surface area contributed by atoms with Gasteiger partial charge in [0.2, 0.25) is 0 Å². The zero-order valence-corrected chi connectivity index (χ0v) is 15.8. The van der Waals surface area contributed by atoms with Crippen molar-refractivity contribution < 1.29 is 19.1 Å². The van der Waals surface area contributed by atoms with Crippen LogP contribution in [0.5, 0.6) is 5.75 Å². The molecule has 0 saturated carbocycles. The molecule has 0 fully saturated rings. The van der Waals surface area contributed by atoms with Crippen molar-refractivity contribution in [3.8, 4) is 5.75 Å². The number of ether oxygens (including phenoxy) is 2. The molecule has 27 heavy (non-hydrogen) atoms. The topological polar surface area (TPSA) is 64.6 Å². The Morgan fingerprint density at radius 3 is 2.41 bits per heavy atom. The first-order valence-electron chi connectivity index (χ1n) is 9.37. The Morgan fingerprint density at radius 2 is 1.70 bits per heavy atom. The van der Waals surface area contributed by atoms with Gasteiger partial charge in [0.05, 0.1) is 11.7 Å². The minimum atomic E-state index is -0.376. The third-order valence-electron chi connectivity index (χ3n) is 4.44. The van der Waals surface area contributed by atoms with Crippen molar-refractivity contribution in [2.24, 2.45) is 0 Å². The van der Waals surface area contributed by atoms with Gasteiger partial charge < -0.3 is 14.8 Å². The van der Waals surface area contributed by atoms with Gasteiger partial charge in [0.15, 0.2) is 6.61 Å². The summed E-state index contributed by atoms with van der Waals surface area (Å²) in [4.78, 5) is 23.9. The first-order chi connectivity index (χ1) is 13.0. The van der Waals surface area contributed by atoms with Gasteiger partial charge in [-0.15, -0.1) is 0 Å². The molecule has 5 nitrogen and oxygen atoms in total. The Kier molecular flexibility index (Phi) is 6.12. The molecule has 1 amide bonds. The number of amides is 1. The molecule has 1 aliphatic carbocycles. The second-order valence-electron chi connectivity index (χ2n) is 7.01. The Labute approximate surface area is 159 Å². The number of nitrogens with one attached hydrogen (secondary N) is 1. The Balaban J connectivity index is 1.51. The van der Waals surface area contributed by atoms with Crippen LogP contribution in [0.3, 0.4) is 0 Å². The van der Waals surface area contributed by atoms with Crippen molar-refractivity contribution in [2.75, 3.05) is 11.9 Å². The second-order valence-corrected chi connectivity index (χ2v) is 7.01. The maximum absolute atomic E-state index is 12.1. The summed E-state index contributed by atoms with van der Waals surface area (Å²) in [5.41, 5.74) is 3.76. The minimum Gasteiger partial charge on any atom is -0.484 e. The van der Waals surface area contributed by atoms with Gasteiger partial charge in [-0.1, -0.05) is 6.07 Å². The summed E-state index contributed by atoms with van der Waals surface area (Å²) in [5.74, 6) is 0.0985. The molecule has 0 bridgehead atoms. The zero-order valence-electron chi connectivity index (χ0n) is 15.8. The average molecular weight is 367 g/mol. The van der Waals surface area contributed by atoms with Gasteiger partial charge >= 0.3 is 5.97 Å². The van der Waals surface area contributed by atoms with E-state index in [0.717, 1.165) is 18.6 Å². The summed E-state index contributed by atoms with van der Waals surface area (Å²) >= 11 is 0. The molecule has 2 aromatic rings. The number of rotatable bonds is 6. The van der Waals surface area contributed by atoms with Crippen LogP contribution in [0, 0.1) is 0 Å². The van der Waals surface area contributed by atoms with Crippen LogP contribution in [-0.4, -0.2) is 24.6 Å². The quantitative estimate of drug-likeness (QED) is 0.779. The molecule has 142 valence electrons. The fraction of sp³-hybridized carbons (Fsp3) is 0.364. The van der Waals surface area contributed by atoms with Crippen LogP contribution in [0.1, 0.15) is 48.2 Å². The van der Waals surface area contributed by atoms with E-state index in [9.17, 15) is 9.59 Å². The fourth-order valence-corrected chi connectivity index (χ4v) is 3.12. The molecule has 0 atom stereocenters. The summed E-state index contributed by atoms with van der Waals surface area (Å²) in [6.07, 6.45) is 4.47. The third-order valence-corrected chi connectivity index (χ3v) is 4.44. The van der Waals surface area contributed by atoms with Gasteiger partial charge in [-0.25, -0.2) is 4.79 Å². The number of carbonyl (C=O) groups excluding carboxylic acids is 2. The van der Waals surface area contributed by atoms with Crippen LogP contribution in [-0.2, 0) is 22.4 Å². The molecule has 5 heteroatoms. The number of hydrogen-bond donors (Lipinski definition) is 1. The van der Waals surface area contributed by atoms with Gasteiger partial charge in [0.1, 0.15) is 5.75 Å². The fourth-order valence-electron chi connectivity index (χ4n) is 3.12. The standard InChI is InChI=1S/C22H25NO4/c1-15(2)27-22(25)17-7-10-19(11-8-17)23-21(24)14-26-20-12-9-16-5-3-4-6-18(16)13-20/h7-13,15H,3-6,14H2,1-2H3,(H,23,24). The molecule has 3 rings (SSSR count). The van der Waals surface area contributed by atoms with Gasteiger partial charge in [-0.3, -0.25) is 4.79 Å². The molecule has 0 aliphatic heterocycles. The van der Waals surface area contributed by atoms with Crippen molar-refractivity contribution in [1.29, 1.82) is 0 Å². The molecule has 1 N–H and O–H groups in total. The van der Waals surface area contributed by atoms with E-state index < -0.39 is 0 Å². The largest absolute Gasteiger partial charge is 0.484 e. The highest BCUT2D eigenvalue weighted by atomic mass is 16.5. The van der Waals surface area contributed by atoms with Crippen molar-refractivity contribution in [3.63, 3.8) is 0 Å². The number of hydrogen-bond acceptors (Lipinski definition) is 4. The highest BCUT2D eigenvalue weighted by Crippen LogP contribution is 2.25. The molecule has 0 radical (unpaired) electrons. The number of fused-ring (bicyclic) bond motifs is 1. The summed E-state index contributed by atoms with van der Waals surface area (Å²) in [6, 6.07) is 12.7. The van der Waals surface area contributed by atoms with E-state index in [1.807, 2.05) is 12.1 Å². The maximum atomic E-state index is 12.1. The van der Waals surface area contributed by atoms with Crippen molar-refractivity contribution in [3.05, 3.63) is 59.2 Å². The highest BCUT2D eigenvalue weighted by Gasteiger charge is 2.12. The Morgan fingerprint density at radius 1 is 1.00 bits per heavy atom. The van der Waals surface area contributed by atoms with Crippen molar-refractivity contribution in [2.45, 2.75) is 45.6 Å². The van der Waals surface area contributed by atoms with Crippen LogP contribution >= 0.6 is 0 Å². The summed E-state index contributed by atoms with van der Waals surface area (Å²) in [7, 11) is 0. The lowest BCUT2D eigenvalue weighted by Crippen LogP contribution is -2.20. The lowest BCUT2D eigenvalue weighted by molar-refractivity contribution is -0.118. The second kappa shape index (κ2) is 8.71. The van der Waals surface area contributed by atoms with Gasteiger partial charge in [0.25, 0.3) is 5.91 Å². The molecule has 1 aliphatic rings. The van der Waals surface area contributed by atoms with Crippen LogP contribution < -0.4 is 10.1 Å². The molecule has 0 spiro atoms. The van der Waals surface area contributed by atoms with Crippen LogP contribution in [0.2, 0.25) is 0 Å². The number of anilines is 1. The Hall–Kier alpha value is -2.82. The monoisotopic (exact) mass is 367 g/mol. The third kappa shape index (κ3) is 5.33. The Bertz CT molecular complexity index is 812. The first-order valence-corrected chi connectivity index (χ1v) is 9.37. The van der Waals surface area contributed by atoms with E-state index in [4.69, 9.17) is 9.47 Å². The number of aryl methyl sites for hydroxylation is 2. The van der Waals surface area contributed by atoms with E-state index in [1.165, 1.54) is 24.0 Å². The molecule has 0 aromatic heterocycles. The number of carbonyl (C=O) groups is 2. The molecule has 0 heterocycles. The van der Waals surface area contributed by atoms with Crippen molar-refractivity contribution >= 4 is 17.6 Å². The number of esters is 1.